The third-order valence-electron chi connectivity index (χ3n) is 4.67. The third-order valence-corrected chi connectivity index (χ3v) is 4.67. The van der Waals surface area contributed by atoms with Gasteiger partial charge in [0.05, 0.1) is 6.61 Å². The van der Waals surface area contributed by atoms with E-state index in [-0.39, 0.29) is 12.6 Å². The second kappa shape index (κ2) is 23.1. The lowest BCUT2D eigenvalue weighted by Gasteiger charge is -2.05. The number of unbranched alkanes of at least 4 members (excludes halogenated alkanes) is 10. The monoisotopic (exact) mass is 446 g/mol. The van der Waals surface area contributed by atoms with Crippen LogP contribution in [0.1, 0.15) is 77.6 Å². The number of rotatable bonds is 18. The summed E-state index contributed by atoms with van der Waals surface area (Å²) in [7, 11) is 0. The van der Waals surface area contributed by atoms with Crippen molar-refractivity contribution in [1.29, 1.82) is 0 Å². The lowest BCUT2D eigenvalue weighted by Crippen LogP contribution is -2.09. The summed E-state index contributed by atoms with van der Waals surface area (Å²) in [6.45, 7) is 10.0. The van der Waals surface area contributed by atoms with Crippen LogP contribution in [0.15, 0.2) is 55.6 Å². The molecule has 0 aliphatic carbocycles. The van der Waals surface area contributed by atoms with Crippen molar-refractivity contribution in [3.63, 3.8) is 0 Å². The molecule has 0 unspecified atom stereocenters. The minimum absolute atomic E-state index is 0.236. The number of esters is 2. The highest BCUT2D eigenvalue weighted by molar-refractivity contribution is 5.81. The molecule has 0 aliphatic heterocycles. The lowest BCUT2D eigenvalue weighted by molar-refractivity contribution is -0.139. The van der Waals surface area contributed by atoms with E-state index < -0.39 is 5.97 Å². The number of hydrogen-bond acceptors (Lipinski definition) is 5. The van der Waals surface area contributed by atoms with Gasteiger partial charge in [0.1, 0.15) is 19.0 Å². The van der Waals surface area contributed by atoms with Gasteiger partial charge in [-0.15, -0.1) is 0 Å². The molecule has 0 N–H and O–H groups in total. The van der Waals surface area contributed by atoms with E-state index >= 15 is 0 Å². The van der Waals surface area contributed by atoms with Crippen LogP contribution in [-0.4, -0.2) is 31.8 Å². The molecule has 0 bridgehead atoms. The molecule has 0 fully saturated rings. The van der Waals surface area contributed by atoms with Crippen molar-refractivity contribution in [1.82, 2.24) is 0 Å². The summed E-state index contributed by atoms with van der Waals surface area (Å²) in [5.74, 6) is 0.0332. The Labute approximate surface area is 194 Å². The number of para-hydroxylation sites is 1. The molecule has 0 spiro atoms. The van der Waals surface area contributed by atoms with Crippen molar-refractivity contribution in [3.8, 4) is 5.75 Å². The molecule has 0 aromatic heterocycles. The van der Waals surface area contributed by atoms with Crippen molar-refractivity contribution >= 4 is 11.9 Å². The molecule has 5 heteroatoms. The summed E-state index contributed by atoms with van der Waals surface area (Å²) >= 11 is 0. The van der Waals surface area contributed by atoms with Gasteiger partial charge < -0.3 is 14.2 Å². The highest BCUT2D eigenvalue weighted by Gasteiger charge is 1.97. The van der Waals surface area contributed by atoms with Gasteiger partial charge in [0.15, 0.2) is 0 Å². The molecule has 0 radical (unpaired) electrons. The molecule has 5 nitrogen and oxygen atoms in total. The molecule has 0 aliphatic rings. The fraction of sp³-hybridized carbons (Fsp3) is 0.556. The molecule has 0 saturated carbocycles. The SMILES string of the molecule is C=CC(=O)OCCCCCCCCCCCCC.C=CC(=O)OCCOc1ccccc1. The number of hydrogen-bond donors (Lipinski definition) is 0. The summed E-state index contributed by atoms with van der Waals surface area (Å²) in [6, 6.07) is 9.35. The Morgan fingerprint density at radius 2 is 1.16 bits per heavy atom. The Morgan fingerprint density at radius 3 is 1.66 bits per heavy atom. The largest absolute Gasteiger partial charge is 0.490 e. The maximum Gasteiger partial charge on any atom is 0.330 e. The maximum absolute atomic E-state index is 10.8. The third kappa shape index (κ3) is 20.7. The first-order valence-corrected chi connectivity index (χ1v) is 11.9. The summed E-state index contributed by atoms with van der Waals surface area (Å²) in [5, 5.41) is 0. The van der Waals surface area contributed by atoms with E-state index in [4.69, 9.17) is 14.2 Å². The summed E-state index contributed by atoms with van der Waals surface area (Å²) < 4.78 is 14.9. The Bertz CT molecular complexity index is 597. The predicted molar refractivity (Wildman–Crippen MR) is 131 cm³/mol. The lowest BCUT2D eigenvalue weighted by atomic mass is 10.1. The van der Waals surface area contributed by atoms with E-state index in [1.165, 1.54) is 70.3 Å². The van der Waals surface area contributed by atoms with Crippen molar-refractivity contribution in [2.24, 2.45) is 0 Å². The molecule has 0 heterocycles. The van der Waals surface area contributed by atoms with Gasteiger partial charge in [-0.1, -0.05) is 102 Å². The number of carbonyl (C=O) groups is 2. The summed E-state index contributed by atoms with van der Waals surface area (Å²) in [4.78, 5) is 21.4. The number of carbonyl (C=O) groups excluding carboxylic acids is 2. The molecule has 0 atom stereocenters. The van der Waals surface area contributed by atoms with E-state index in [1.54, 1.807) is 0 Å². The van der Waals surface area contributed by atoms with Gasteiger partial charge in [-0.05, 0) is 18.6 Å². The van der Waals surface area contributed by atoms with Crippen LogP contribution in [0.4, 0.5) is 0 Å². The highest BCUT2D eigenvalue weighted by atomic mass is 16.6. The molecule has 180 valence electrons. The second-order valence-corrected chi connectivity index (χ2v) is 7.44. The average Bonchev–Trinajstić information content (AvgIpc) is 2.83. The van der Waals surface area contributed by atoms with Crippen LogP contribution < -0.4 is 4.74 Å². The quantitative estimate of drug-likeness (QED) is 0.141. The van der Waals surface area contributed by atoms with Gasteiger partial charge in [-0.25, -0.2) is 9.59 Å². The fourth-order valence-electron chi connectivity index (χ4n) is 2.88. The first kappa shape index (κ1) is 29.4. The summed E-state index contributed by atoms with van der Waals surface area (Å²) in [6.07, 6.45) is 16.8. The molecule has 1 aromatic carbocycles. The molecule has 1 rings (SSSR count). The van der Waals surface area contributed by atoms with Gasteiger partial charge in [0, 0.05) is 12.2 Å². The Kier molecular flexibility index (Phi) is 21.3. The van der Waals surface area contributed by atoms with Crippen LogP contribution in [0.25, 0.3) is 0 Å². The Balaban J connectivity index is 0.000000618. The first-order chi connectivity index (χ1) is 15.6. The van der Waals surface area contributed by atoms with Crippen LogP contribution in [0.2, 0.25) is 0 Å². The zero-order chi connectivity index (χ0) is 23.7. The van der Waals surface area contributed by atoms with Crippen LogP contribution in [0, 0.1) is 0 Å². The second-order valence-electron chi connectivity index (χ2n) is 7.44. The van der Waals surface area contributed by atoms with Crippen LogP contribution >= 0.6 is 0 Å². The van der Waals surface area contributed by atoms with E-state index in [0.29, 0.717) is 13.2 Å². The van der Waals surface area contributed by atoms with Crippen molar-refractivity contribution < 1.29 is 23.8 Å². The van der Waals surface area contributed by atoms with Crippen molar-refractivity contribution in [3.05, 3.63) is 55.6 Å². The maximum atomic E-state index is 10.8. The zero-order valence-corrected chi connectivity index (χ0v) is 19.9. The average molecular weight is 447 g/mol. The molecule has 0 amide bonds. The van der Waals surface area contributed by atoms with Gasteiger partial charge in [-0.2, -0.15) is 0 Å². The van der Waals surface area contributed by atoms with Gasteiger partial charge >= 0.3 is 11.9 Å². The van der Waals surface area contributed by atoms with E-state index in [2.05, 4.69) is 20.1 Å². The predicted octanol–water partition coefficient (Wildman–Crippen LogP) is 6.82. The number of benzene rings is 1. The van der Waals surface area contributed by atoms with Crippen LogP contribution in [0.5, 0.6) is 5.75 Å². The first-order valence-electron chi connectivity index (χ1n) is 11.9. The van der Waals surface area contributed by atoms with E-state index in [9.17, 15) is 9.59 Å². The summed E-state index contributed by atoms with van der Waals surface area (Å²) in [5.41, 5.74) is 0. The number of ether oxygens (including phenoxy) is 3. The van der Waals surface area contributed by atoms with Crippen LogP contribution in [-0.2, 0) is 19.1 Å². The van der Waals surface area contributed by atoms with Gasteiger partial charge in [-0.3, -0.25) is 0 Å². The minimum Gasteiger partial charge on any atom is -0.490 e. The highest BCUT2D eigenvalue weighted by Crippen LogP contribution is 2.11. The Morgan fingerprint density at radius 1 is 0.688 bits per heavy atom. The minimum atomic E-state index is -0.429. The molecule has 32 heavy (non-hydrogen) atoms. The van der Waals surface area contributed by atoms with Crippen molar-refractivity contribution in [2.45, 2.75) is 77.6 Å². The van der Waals surface area contributed by atoms with Gasteiger partial charge in [0.2, 0.25) is 0 Å². The topological polar surface area (TPSA) is 61.8 Å². The molecular weight excluding hydrogens is 404 g/mol. The standard InChI is InChI=1S/C16H30O2.C11H12O3/c1-3-5-6-7-8-9-10-11-12-13-14-15-18-16(17)4-2;1-2-11(12)14-9-8-13-10-6-4-3-5-7-10/h4H,2-3,5-15H2,1H3;2-7H,1,8-9H2. The molecule has 1 aromatic rings. The van der Waals surface area contributed by atoms with Gasteiger partial charge in [0.25, 0.3) is 0 Å². The van der Waals surface area contributed by atoms with E-state index in [0.717, 1.165) is 18.2 Å². The molecule has 0 saturated heterocycles. The fourth-order valence-corrected chi connectivity index (χ4v) is 2.88. The zero-order valence-electron chi connectivity index (χ0n) is 19.9. The van der Waals surface area contributed by atoms with Crippen molar-refractivity contribution in [2.75, 3.05) is 19.8 Å². The Hall–Kier alpha value is -2.56. The van der Waals surface area contributed by atoms with E-state index in [1.807, 2.05) is 30.3 Å². The molecular formula is C27H42O5. The van der Waals surface area contributed by atoms with Crippen LogP contribution in [0.3, 0.4) is 0 Å². The smallest absolute Gasteiger partial charge is 0.330 e. The normalized spacial score (nSPS) is 9.78.